The normalized spacial score (nSPS) is 16.0. The van der Waals surface area contributed by atoms with Gasteiger partial charge in [-0.1, -0.05) is 12.8 Å². The van der Waals surface area contributed by atoms with E-state index in [4.69, 9.17) is 0 Å². The summed E-state index contributed by atoms with van der Waals surface area (Å²) < 4.78 is 1.71. The summed E-state index contributed by atoms with van der Waals surface area (Å²) in [5.74, 6) is -0.108. The van der Waals surface area contributed by atoms with Crippen molar-refractivity contribution < 1.29 is 4.79 Å². The van der Waals surface area contributed by atoms with Crippen LogP contribution in [-0.4, -0.2) is 21.4 Å². The van der Waals surface area contributed by atoms with Gasteiger partial charge in [-0.05, 0) is 45.6 Å². The van der Waals surface area contributed by atoms with Crippen molar-refractivity contribution in [3.05, 3.63) is 17.5 Å². The maximum Gasteiger partial charge on any atom is 0.261 e. The molecule has 1 fully saturated rings. The first-order chi connectivity index (χ1) is 9.15. The molecule has 2 rings (SSSR count). The van der Waals surface area contributed by atoms with Crippen molar-refractivity contribution in [3.8, 4) is 0 Å². The summed E-state index contributed by atoms with van der Waals surface area (Å²) in [6.07, 6.45) is 6.95. The minimum atomic E-state index is -0.108. The van der Waals surface area contributed by atoms with Crippen LogP contribution in [0.3, 0.4) is 0 Å². The highest BCUT2D eigenvalue weighted by Gasteiger charge is 2.08. The highest BCUT2D eigenvalue weighted by atomic mass is 16.2. The molecule has 0 aliphatic heterocycles. The number of carbonyl (C=O) groups excluding carboxylic acids is 1. The quantitative estimate of drug-likeness (QED) is 0.671. The summed E-state index contributed by atoms with van der Waals surface area (Å²) in [5, 5.41) is 8.52. The molecule has 0 atom stereocenters. The molecule has 0 aromatic carbocycles. The minimum absolute atomic E-state index is 0.108. The molecule has 1 aromatic heterocycles. The van der Waals surface area contributed by atoms with Crippen molar-refractivity contribution in [2.75, 3.05) is 0 Å². The van der Waals surface area contributed by atoms with E-state index >= 15 is 0 Å². The average Bonchev–Trinajstić information content (AvgIpc) is 2.59. The maximum absolute atomic E-state index is 11.8. The molecule has 0 bridgehead atoms. The number of hydrazone groups is 1. The fraction of sp³-hybridized carbons (Fsp3) is 0.643. The Bertz CT molecular complexity index is 466. The van der Waals surface area contributed by atoms with E-state index < -0.39 is 0 Å². The van der Waals surface area contributed by atoms with Gasteiger partial charge in [-0.25, -0.2) is 5.43 Å². The number of hydrogen-bond donors (Lipinski definition) is 1. The SMILES string of the molecule is Cc1cc(C)n(CC(=O)NN=C2CCCCCC2)n1. The lowest BCUT2D eigenvalue weighted by molar-refractivity contribution is -0.121. The molecule has 5 nitrogen and oxygen atoms in total. The molecule has 1 N–H and O–H groups in total. The lowest BCUT2D eigenvalue weighted by Crippen LogP contribution is -2.25. The number of carbonyl (C=O) groups is 1. The molecule has 5 heteroatoms. The second-order valence-electron chi connectivity index (χ2n) is 5.21. The number of rotatable bonds is 3. The zero-order valence-corrected chi connectivity index (χ0v) is 11.8. The van der Waals surface area contributed by atoms with Crippen LogP contribution in [0.2, 0.25) is 0 Å². The number of aryl methyl sites for hydroxylation is 2. The van der Waals surface area contributed by atoms with Crippen LogP contribution in [0.4, 0.5) is 0 Å². The molecule has 1 saturated carbocycles. The predicted molar refractivity (Wildman–Crippen MR) is 75.0 cm³/mol. The third-order valence-corrected chi connectivity index (χ3v) is 3.42. The van der Waals surface area contributed by atoms with Gasteiger partial charge in [-0.15, -0.1) is 0 Å². The monoisotopic (exact) mass is 262 g/mol. The Morgan fingerprint density at radius 2 is 2.00 bits per heavy atom. The number of nitrogens with one attached hydrogen (secondary N) is 1. The molecule has 0 radical (unpaired) electrons. The zero-order valence-electron chi connectivity index (χ0n) is 11.8. The van der Waals surface area contributed by atoms with E-state index in [0.29, 0.717) is 0 Å². The molecule has 0 saturated heterocycles. The molecule has 19 heavy (non-hydrogen) atoms. The van der Waals surface area contributed by atoms with Crippen molar-refractivity contribution in [1.29, 1.82) is 0 Å². The Labute approximate surface area is 114 Å². The summed E-state index contributed by atoms with van der Waals surface area (Å²) in [6, 6.07) is 1.96. The molecule has 1 amide bonds. The average molecular weight is 262 g/mol. The lowest BCUT2D eigenvalue weighted by atomic mass is 10.2. The molecule has 104 valence electrons. The standard InChI is InChI=1S/C14H22N4O/c1-11-9-12(2)18(17-11)10-14(19)16-15-13-7-5-3-4-6-8-13/h9H,3-8,10H2,1-2H3,(H,16,19). The minimum Gasteiger partial charge on any atom is -0.271 e. The molecular weight excluding hydrogens is 240 g/mol. The van der Waals surface area contributed by atoms with Crippen LogP contribution in [-0.2, 0) is 11.3 Å². The van der Waals surface area contributed by atoms with Crippen molar-refractivity contribution in [3.63, 3.8) is 0 Å². The number of aromatic nitrogens is 2. The summed E-state index contributed by atoms with van der Waals surface area (Å²) in [6.45, 7) is 4.11. The molecule has 1 aromatic rings. The van der Waals surface area contributed by atoms with Gasteiger partial charge in [-0.2, -0.15) is 10.2 Å². The highest BCUT2D eigenvalue weighted by Crippen LogP contribution is 2.14. The Morgan fingerprint density at radius 3 is 2.58 bits per heavy atom. The summed E-state index contributed by atoms with van der Waals surface area (Å²) in [7, 11) is 0. The Balaban J connectivity index is 1.87. The van der Waals surface area contributed by atoms with Crippen LogP contribution in [0, 0.1) is 13.8 Å². The second kappa shape index (κ2) is 6.50. The summed E-state index contributed by atoms with van der Waals surface area (Å²) in [5.41, 5.74) is 5.70. The first kappa shape index (κ1) is 13.8. The Morgan fingerprint density at radius 1 is 1.32 bits per heavy atom. The van der Waals surface area contributed by atoms with E-state index in [1.165, 1.54) is 25.7 Å². The van der Waals surface area contributed by atoms with Gasteiger partial charge in [0.15, 0.2) is 0 Å². The van der Waals surface area contributed by atoms with E-state index in [9.17, 15) is 4.79 Å². The maximum atomic E-state index is 11.8. The third-order valence-electron chi connectivity index (χ3n) is 3.42. The zero-order chi connectivity index (χ0) is 13.7. The molecule has 1 aliphatic carbocycles. The van der Waals surface area contributed by atoms with Crippen LogP contribution >= 0.6 is 0 Å². The predicted octanol–water partition coefficient (Wildman–Crippen LogP) is 2.33. The van der Waals surface area contributed by atoms with Gasteiger partial charge in [0.1, 0.15) is 6.54 Å². The lowest BCUT2D eigenvalue weighted by Gasteiger charge is -2.05. The first-order valence-corrected chi connectivity index (χ1v) is 7.00. The van der Waals surface area contributed by atoms with Gasteiger partial charge in [0.2, 0.25) is 0 Å². The molecule has 0 spiro atoms. The highest BCUT2D eigenvalue weighted by molar-refractivity contribution is 5.86. The Kier molecular flexibility index (Phi) is 4.71. The molecule has 1 heterocycles. The van der Waals surface area contributed by atoms with Crippen molar-refractivity contribution in [2.45, 2.75) is 58.9 Å². The van der Waals surface area contributed by atoms with Gasteiger partial charge < -0.3 is 0 Å². The van der Waals surface area contributed by atoms with Crippen LogP contribution in [0.5, 0.6) is 0 Å². The van der Waals surface area contributed by atoms with Crippen molar-refractivity contribution in [2.24, 2.45) is 5.10 Å². The van der Waals surface area contributed by atoms with Gasteiger partial charge >= 0.3 is 0 Å². The van der Waals surface area contributed by atoms with Crippen LogP contribution in [0.25, 0.3) is 0 Å². The number of amides is 1. The Hall–Kier alpha value is -1.65. The van der Waals surface area contributed by atoms with E-state index in [2.05, 4.69) is 15.6 Å². The van der Waals surface area contributed by atoms with E-state index in [-0.39, 0.29) is 12.5 Å². The fourth-order valence-electron chi connectivity index (χ4n) is 2.40. The van der Waals surface area contributed by atoms with Crippen LogP contribution < -0.4 is 5.43 Å². The molecular formula is C14H22N4O. The number of nitrogens with zero attached hydrogens (tertiary/aromatic N) is 3. The van der Waals surface area contributed by atoms with Gasteiger partial charge in [0, 0.05) is 11.4 Å². The van der Waals surface area contributed by atoms with Crippen molar-refractivity contribution >= 4 is 11.6 Å². The van der Waals surface area contributed by atoms with Crippen molar-refractivity contribution in [1.82, 2.24) is 15.2 Å². The fourth-order valence-corrected chi connectivity index (χ4v) is 2.40. The van der Waals surface area contributed by atoms with Gasteiger partial charge in [-0.3, -0.25) is 9.48 Å². The van der Waals surface area contributed by atoms with Crippen LogP contribution in [0.1, 0.15) is 49.9 Å². The number of hydrogen-bond acceptors (Lipinski definition) is 3. The van der Waals surface area contributed by atoms with E-state index in [1.54, 1.807) is 4.68 Å². The summed E-state index contributed by atoms with van der Waals surface area (Å²) >= 11 is 0. The van der Waals surface area contributed by atoms with Gasteiger partial charge in [0.25, 0.3) is 5.91 Å². The van der Waals surface area contributed by atoms with Crippen LogP contribution in [0.15, 0.2) is 11.2 Å². The first-order valence-electron chi connectivity index (χ1n) is 7.00. The largest absolute Gasteiger partial charge is 0.271 e. The van der Waals surface area contributed by atoms with Gasteiger partial charge in [0.05, 0.1) is 5.69 Å². The summed E-state index contributed by atoms with van der Waals surface area (Å²) in [4.78, 5) is 11.8. The van der Waals surface area contributed by atoms with E-state index in [0.717, 1.165) is 29.9 Å². The smallest absolute Gasteiger partial charge is 0.261 e. The second-order valence-corrected chi connectivity index (χ2v) is 5.21. The molecule has 0 unspecified atom stereocenters. The third kappa shape index (κ3) is 4.19. The topological polar surface area (TPSA) is 59.3 Å². The molecule has 1 aliphatic rings. The van der Waals surface area contributed by atoms with E-state index in [1.807, 2.05) is 19.9 Å².